The highest BCUT2D eigenvalue weighted by atomic mass is 19.4. The molecule has 0 fully saturated rings. The quantitative estimate of drug-likeness (QED) is 0.840. The smallest absolute Gasteiger partial charge is 0.419 e. The molecule has 0 spiro atoms. The summed E-state index contributed by atoms with van der Waals surface area (Å²) in [4.78, 5) is 0. The summed E-state index contributed by atoms with van der Waals surface area (Å²) >= 11 is 0. The van der Waals surface area contributed by atoms with Crippen molar-refractivity contribution >= 4 is 0 Å². The second-order valence-corrected chi connectivity index (χ2v) is 3.90. The highest BCUT2D eigenvalue weighted by Gasteiger charge is 2.40. The van der Waals surface area contributed by atoms with Crippen LogP contribution in [-0.2, 0) is 12.7 Å². The van der Waals surface area contributed by atoms with Crippen molar-refractivity contribution in [3.63, 3.8) is 0 Å². The zero-order valence-electron chi connectivity index (χ0n) is 9.92. The zero-order valence-corrected chi connectivity index (χ0v) is 9.92. The van der Waals surface area contributed by atoms with E-state index in [1.807, 2.05) is 0 Å². The number of aliphatic hydroxyl groups excluding tert-OH is 1. The minimum absolute atomic E-state index is 0.154. The van der Waals surface area contributed by atoms with Crippen molar-refractivity contribution in [1.29, 1.82) is 0 Å². The van der Waals surface area contributed by atoms with Gasteiger partial charge in [0.2, 0.25) is 0 Å². The van der Waals surface area contributed by atoms with Gasteiger partial charge in [-0.3, -0.25) is 0 Å². The predicted molar refractivity (Wildman–Crippen MR) is 56.9 cm³/mol. The molecule has 3 N–H and O–H groups in total. The maximum atomic E-state index is 12.7. The van der Waals surface area contributed by atoms with Gasteiger partial charge in [-0.1, -0.05) is 6.07 Å². The SMILES string of the molecule is NCc1ccc(OCC(O)C(F)(F)F)c(C(F)(F)F)c1. The summed E-state index contributed by atoms with van der Waals surface area (Å²) in [6.45, 7) is -1.48. The molecule has 1 unspecified atom stereocenters. The van der Waals surface area contributed by atoms with Gasteiger partial charge >= 0.3 is 12.4 Å². The second-order valence-electron chi connectivity index (χ2n) is 3.90. The Morgan fingerprint density at radius 1 is 1.15 bits per heavy atom. The lowest BCUT2D eigenvalue weighted by atomic mass is 10.1. The molecule has 1 aromatic rings. The van der Waals surface area contributed by atoms with Crippen LogP contribution in [0.5, 0.6) is 5.75 Å². The summed E-state index contributed by atoms with van der Waals surface area (Å²) in [5, 5.41) is 8.69. The summed E-state index contributed by atoms with van der Waals surface area (Å²) in [6.07, 6.45) is -12.6. The molecule has 0 aliphatic rings. The van der Waals surface area contributed by atoms with Crippen LogP contribution in [0.25, 0.3) is 0 Å². The molecule has 0 saturated heterocycles. The van der Waals surface area contributed by atoms with Gasteiger partial charge in [0.1, 0.15) is 12.4 Å². The Morgan fingerprint density at radius 2 is 1.75 bits per heavy atom. The van der Waals surface area contributed by atoms with Crippen LogP contribution in [0.2, 0.25) is 0 Å². The molecule has 20 heavy (non-hydrogen) atoms. The van der Waals surface area contributed by atoms with Gasteiger partial charge in [0.05, 0.1) is 5.56 Å². The fourth-order valence-electron chi connectivity index (χ4n) is 1.31. The Bertz CT molecular complexity index is 457. The number of hydrogen-bond donors (Lipinski definition) is 2. The first kappa shape index (κ1) is 16.6. The van der Waals surface area contributed by atoms with Gasteiger partial charge in [-0.25, -0.2) is 0 Å². The lowest BCUT2D eigenvalue weighted by Crippen LogP contribution is -2.34. The number of benzene rings is 1. The van der Waals surface area contributed by atoms with Crippen molar-refractivity contribution in [3.05, 3.63) is 29.3 Å². The highest BCUT2D eigenvalue weighted by molar-refractivity contribution is 5.39. The predicted octanol–water partition coefficient (Wildman–Crippen LogP) is 2.47. The minimum atomic E-state index is -4.96. The third kappa shape index (κ3) is 4.27. The number of nitrogens with two attached hydrogens (primary N) is 1. The van der Waals surface area contributed by atoms with Gasteiger partial charge in [0.15, 0.2) is 6.10 Å². The Labute approximate surface area is 109 Å². The molecule has 1 atom stereocenters. The summed E-state index contributed by atoms with van der Waals surface area (Å²) in [6, 6.07) is 2.76. The summed E-state index contributed by atoms with van der Waals surface area (Å²) in [7, 11) is 0. The standard InChI is InChI=1S/C11H11F6NO2/c12-10(13,14)7-3-6(4-18)1-2-8(7)20-5-9(19)11(15,16)17/h1-3,9,19H,4-5,18H2. The van der Waals surface area contributed by atoms with E-state index in [1.54, 1.807) is 0 Å². The summed E-state index contributed by atoms with van der Waals surface area (Å²) < 4.78 is 78.7. The molecule has 0 radical (unpaired) electrons. The molecule has 0 saturated carbocycles. The van der Waals surface area contributed by atoms with Crippen LogP contribution in [0.15, 0.2) is 18.2 Å². The molecule has 9 heteroatoms. The van der Waals surface area contributed by atoms with Crippen LogP contribution >= 0.6 is 0 Å². The molecule has 1 aromatic carbocycles. The van der Waals surface area contributed by atoms with Crippen LogP contribution in [0, 0.1) is 0 Å². The highest BCUT2D eigenvalue weighted by Crippen LogP contribution is 2.37. The van der Waals surface area contributed by atoms with Crippen molar-refractivity contribution in [1.82, 2.24) is 0 Å². The van der Waals surface area contributed by atoms with Crippen molar-refractivity contribution in [2.24, 2.45) is 5.73 Å². The van der Waals surface area contributed by atoms with E-state index in [-0.39, 0.29) is 12.1 Å². The first-order valence-electron chi connectivity index (χ1n) is 5.33. The lowest BCUT2D eigenvalue weighted by Gasteiger charge is -2.18. The molecule has 0 aliphatic heterocycles. The molecule has 0 aromatic heterocycles. The van der Waals surface area contributed by atoms with Gasteiger partial charge in [-0.05, 0) is 17.7 Å². The number of alkyl halides is 6. The van der Waals surface area contributed by atoms with Gasteiger partial charge in [-0.2, -0.15) is 26.3 Å². The third-order valence-corrected chi connectivity index (χ3v) is 2.36. The van der Waals surface area contributed by atoms with Gasteiger partial charge < -0.3 is 15.6 Å². The molecule has 1 rings (SSSR count). The molecule has 0 amide bonds. The van der Waals surface area contributed by atoms with E-state index >= 15 is 0 Å². The number of aliphatic hydroxyl groups is 1. The normalized spacial score (nSPS) is 14.2. The van der Waals surface area contributed by atoms with E-state index in [0.717, 1.165) is 6.07 Å². The first-order valence-corrected chi connectivity index (χ1v) is 5.33. The molecular weight excluding hydrogens is 292 g/mol. The van der Waals surface area contributed by atoms with E-state index in [0.29, 0.717) is 6.07 Å². The average molecular weight is 303 g/mol. The first-order chi connectivity index (χ1) is 9.05. The fourth-order valence-corrected chi connectivity index (χ4v) is 1.31. The Morgan fingerprint density at radius 3 is 2.20 bits per heavy atom. The molecule has 0 aliphatic carbocycles. The Hall–Kier alpha value is -1.48. The third-order valence-electron chi connectivity index (χ3n) is 2.36. The van der Waals surface area contributed by atoms with Crippen molar-refractivity contribution in [3.8, 4) is 5.75 Å². The maximum absolute atomic E-state index is 12.7. The number of halogens is 6. The lowest BCUT2D eigenvalue weighted by molar-refractivity contribution is -0.211. The van der Waals surface area contributed by atoms with E-state index < -0.39 is 36.4 Å². The van der Waals surface area contributed by atoms with Crippen LogP contribution in [-0.4, -0.2) is 24.0 Å². The molecule has 0 bridgehead atoms. The van der Waals surface area contributed by atoms with Crippen molar-refractivity contribution in [2.45, 2.75) is 25.0 Å². The van der Waals surface area contributed by atoms with E-state index in [4.69, 9.17) is 10.8 Å². The van der Waals surface area contributed by atoms with E-state index in [1.165, 1.54) is 6.07 Å². The summed E-state index contributed by atoms with van der Waals surface area (Å²) in [5.74, 6) is -0.794. The zero-order chi connectivity index (χ0) is 15.6. The van der Waals surface area contributed by atoms with Crippen LogP contribution in [0.1, 0.15) is 11.1 Å². The summed E-state index contributed by atoms with van der Waals surface area (Å²) in [5.41, 5.74) is 4.11. The second kappa shape index (κ2) is 5.88. The molecule has 0 heterocycles. The fraction of sp³-hybridized carbons (Fsp3) is 0.455. The number of ether oxygens (including phenoxy) is 1. The maximum Gasteiger partial charge on any atom is 0.419 e. The number of hydrogen-bond acceptors (Lipinski definition) is 3. The minimum Gasteiger partial charge on any atom is -0.490 e. The van der Waals surface area contributed by atoms with E-state index in [2.05, 4.69) is 4.74 Å². The van der Waals surface area contributed by atoms with Crippen LogP contribution in [0.4, 0.5) is 26.3 Å². The monoisotopic (exact) mass is 303 g/mol. The van der Waals surface area contributed by atoms with Crippen molar-refractivity contribution in [2.75, 3.05) is 6.61 Å². The van der Waals surface area contributed by atoms with Gasteiger partial charge in [-0.15, -0.1) is 0 Å². The van der Waals surface area contributed by atoms with Gasteiger partial charge in [0, 0.05) is 6.54 Å². The molecule has 3 nitrogen and oxygen atoms in total. The van der Waals surface area contributed by atoms with Crippen LogP contribution in [0.3, 0.4) is 0 Å². The van der Waals surface area contributed by atoms with Crippen LogP contribution < -0.4 is 10.5 Å². The van der Waals surface area contributed by atoms with Crippen molar-refractivity contribution < 1.29 is 36.2 Å². The van der Waals surface area contributed by atoms with Gasteiger partial charge in [0.25, 0.3) is 0 Å². The average Bonchev–Trinajstić information content (AvgIpc) is 2.33. The Balaban J connectivity index is 2.95. The molecular formula is C11H11F6NO2. The largest absolute Gasteiger partial charge is 0.490 e. The Kier molecular flexibility index (Phi) is 4.87. The van der Waals surface area contributed by atoms with E-state index in [9.17, 15) is 26.3 Å². The topological polar surface area (TPSA) is 55.5 Å². The molecule has 114 valence electrons. The number of rotatable bonds is 4.